The molecule has 1 aliphatic rings. The Morgan fingerprint density at radius 1 is 1.16 bits per heavy atom. The molecule has 1 aromatic carbocycles. The van der Waals surface area contributed by atoms with Gasteiger partial charge in [0.25, 0.3) is 0 Å². The summed E-state index contributed by atoms with van der Waals surface area (Å²) in [5.41, 5.74) is 2.51. The second kappa shape index (κ2) is 6.33. The molecule has 1 aliphatic heterocycles. The van der Waals surface area contributed by atoms with E-state index in [2.05, 4.69) is 9.97 Å². The van der Waals surface area contributed by atoms with Crippen LogP contribution in [-0.4, -0.2) is 27.0 Å². The second-order valence-electron chi connectivity index (χ2n) is 6.14. The van der Waals surface area contributed by atoms with Crippen LogP contribution in [-0.2, 0) is 4.79 Å². The fourth-order valence-electron chi connectivity index (χ4n) is 3.25. The van der Waals surface area contributed by atoms with Gasteiger partial charge in [0.05, 0.1) is 16.8 Å². The number of para-hydroxylation sites is 1. The number of benzene rings is 1. The van der Waals surface area contributed by atoms with Crippen molar-refractivity contribution in [3.05, 3.63) is 65.6 Å². The molecule has 3 heterocycles. The maximum atomic E-state index is 12.6. The Bertz CT molecular complexity index is 936. The minimum Gasteiger partial charge on any atom is -0.324 e. The lowest BCUT2D eigenvalue weighted by molar-refractivity contribution is -0.117. The molecule has 0 bridgehead atoms. The van der Waals surface area contributed by atoms with Crippen LogP contribution in [0, 0.1) is 6.92 Å². The van der Waals surface area contributed by atoms with E-state index in [-0.39, 0.29) is 11.9 Å². The summed E-state index contributed by atoms with van der Waals surface area (Å²) in [6, 6.07) is 13.3. The summed E-state index contributed by atoms with van der Waals surface area (Å²) >= 11 is 6.26. The van der Waals surface area contributed by atoms with E-state index < -0.39 is 0 Å². The molecular formula is C19H17ClN4O. The average molecular weight is 353 g/mol. The molecule has 0 N–H and O–H groups in total. The molecule has 4 rings (SSSR count). The van der Waals surface area contributed by atoms with Gasteiger partial charge in [-0.25, -0.2) is 9.97 Å². The van der Waals surface area contributed by atoms with Crippen molar-refractivity contribution in [1.82, 2.24) is 14.5 Å². The van der Waals surface area contributed by atoms with Crippen LogP contribution in [0.1, 0.15) is 18.2 Å². The highest BCUT2D eigenvalue weighted by Crippen LogP contribution is 2.34. The topological polar surface area (TPSA) is 51.0 Å². The first kappa shape index (κ1) is 15.8. The van der Waals surface area contributed by atoms with E-state index in [0.717, 1.165) is 22.9 Å². The third kappa shape index (κ3) is 2.91. The van der Waals surface area contributed by atoms with Crippen molar-refractivity contribution in [1.29, 1.82) is 0 Å². The highest BCUT2D eigenvalue weighted by molar-refractivity contribution is 6.33. The average Bonchev–Trinajstić information content (AvgIpc) is 3.22. The molecule has 1 unspecified atom stereocenters. The molecule has 25 heavy (non-hydrogen) atoms. The molecule has 0 spiro atoms. The lowest BCUT2D eigenvalue weighted by Gasteiger charge is -2.19. The smallest absolute Gasteiger partial charge is 0.229 e. The van der Waals surface area contributed by atoms with Gasteiger partial charge in [0, 0.05) is 31.1 Å². The number of imidazole rings is 1. The van der Waals surface area contributed by atoms with E-state index in [0.29, 0.717) is 18.0 Å². The van der Waals surface area contributed by atoms with E-state index in [1.54, 1.807) is 17.2 Å². The van der Waals surface area contributed by atoms with Gasteiger partial charge >= 0.3 is 0 Å². The lowest BCUT2D eigenvalue weighted by atomic mass is 10.2. The molecule has 126 valence electrons. The summed E-state index contributed by atoms with van der Waals surface area (Å²) in [5, 5.41) is 0.586. The zero-order valence-electron chi connectivity index (χ0n) is 13.8. The fraction of sp³-hybridized carbons (Fsp3) is 0.211. The summed E-state index contributed by atoms with van der Waals surface area (Å²) in [5.74, 6) is 0.845. The summed E-state index contributed by atoms with van der Waals surface area (Å²) in [7, 11) is 0. The van der Waals surface area contributed by atoms with Crippen LogP contribution in [0.3, 0.4) is 0 Å². The van der Waals surface area contributed by atoms with Crippen molar-refractivity contribution in [2.24, 2.45) is 0 Å². The number of amides is 1. The largest absolute Gasteiger partial charge is 0.324 e. The van der Waals surface area contributed by atoms with E-state index in [1.807, 2.05) is 54.1 Å². The molecule has 5 nitrogen and oxygen atoms in total. The number of nitrogens with zero attached hydrogens (tertiary/aromatic N) is 4. The van der Waals surface area contributed by atoms with Crippen molar-refractivity contribution in [2.45, 2.75) is 19.4 Å². The molecule has 0 saturated carbocycles. The summed E-state index contributed by atoms with van der Waals surface area (Å²) in [4.78, 5) is 23.3. The summed E-state index contributed by atoms with van der Waals surface area (Å²) in [6.45, 7) is 2.52. The minimum atomic E-state index is 0.00332. The van der Waals surface area contributed by atoms with Crippen LogP contribution in [0.2, 0.25) is 5.02 Å². The van der Waals surface area contributed by atoms with Crippen LogP contribution < -0.4 is 4.90 Å². The molecular weight excluding hydrogens is 336 g/mol. The van der Waals surface area contributed by atoms with Crippen molar-refractivity contribution in [3.8, 4) is 11.5 Å². The SMILES string of the molecule is Cc1cccc(-c2nccn2C2CC(=O)N(c3ccccc3Cl)C2)n1. The van der Waals surface area contributed by atoms with E-state index in [9.17, 15) is 4.79 Å². The van der Waals surface area contributed by atoms with E-state index in [1.165, 1.54) is 0 Å². The number of aromatic nitrogens is 3. The van der Waals surface area contributed by atoms with Crippen LogP contribution in [0.25, 0.3) is 11.5 Å². The fourth-order valence-corrected chi connectivity index (χ4v) is 3.49. The Morgan fingerprint density at radius 2 is 2.00 bits per heavy atom. The van der Waals surface area contributed by atoms with Gasteiger partial charge in [-0.05, 0) is 31.2 Å². The highest BCUT2D eigenvalue weighted by atomic mass is 35.5. The first-order chi connectivity index (χ1) is 12.1. The zero-order valence-corrected chi connectivity index (χ0v) is 14.5. The molecule has 1 atom stereocenters. The highest BCUT2D eigenvalue weighted by Gasteiger charge is 2.33. The van der Waals surface area contributed by atoms with Gasteiger partial charge in [0.15, 0.2) is 5.82 Å². The number of anilines is 1. The lowest BCUT2D eigenvalue weighted by Crippen LogP contribution is -2.25. The quantitative estimate of drug-likeness (QED) is 0.718. The molecule has 6 heteroatoms. The van der Waals surface area contributed by atoms with Crippen molar-refractivity contribution >= 4 is 23.2 Å². The molecule has 1 amide bonds. The Hall–Kier alpha value is -2.66. The third-order valence-corrected chi connectivity index (χ3v) is 4.75. The van der Waals surface area contributed by atoms with E-state index >= 15 is 0 Å². The number of carbonyl (C=O) groups excluding carboxylic acids is 1. The minimum absolute atomic E-state index is 0.00332. The van der Waals surface area contributed by atoms with Gasteiger partial charge in [-0.15, -0.1) is 0 Å². The molecule has 1 saturated heterocycles. The number of pyridine rings is 1. The number of hydrogen-bond acceptors (Lipinski definition) is 3. The second-order valence-corrected chi connectivity index (χ2v) is 6.54. The van der Waals surface area contributed by atoms with Gasteiger partial charge in [0.2, 0.25) is 5.91 Å². The van der Waals surface area contributed by atoms with Crippen LogP contribution in [0.15, 0.2) is 54.9 Å². The van der Waals surface area contributed by atoms with Gasteiger partial charge in [0.1, 0.15) is 5.69 Å². The first-order valence-electron chi connectivity index (χ1n) is 8.15. The number of hydrogen-bond donors (Lipinski definition) is 0. The predicted octanol–water partition coefficient (Wildman–Crippen LogP) is 3.88. The third-order valence-electron chi connectivity index (χ3n) is 4.43. The van der Waals surface area contributed by atoms with Crippen LogP contribution in [0.4, 0.5) is 5.69 Å². The number of halogens is 1. The molecule has 0 radical (unpaired) electrons. The monoisotopic (exact) mass is 352 g/mol. The zero-order chi connectivity index (χ0) is 17.4. The molecule has 1 fully saturated rings. The Morgan fingerprint density at radius 3 is 2.80 bits per heavy atom. The predicted molar refractivity (Wildman–Crippen MR) is 97.7 cm³/mol. The molecule has 2 aromatic heterocycles. The molecule has 3 aromatic rings. The van der Waals surface area contributed by atoms with E-state index in [4.69, 9.17) is 11.6 Å². The number of rotatable bonds is 3. The number of carbonyl (C=O) groups is 1. The van der Waals surface area contributed by atoms with Gasteiger partial charge in [-0.3, -0.25) is 4.79 Å². The Kier molecular flexibility index (Phi) is 4.01. The van der Waals surface area contributed by atoms with Gasteiger partial charge in [-0.1, -0.05) is 29.8 Å². The molecule has 0 aliphatic carbocycles. The maximum absolute atomic E-state index is 12.6. The Balaban J connectivity index is 1.66. The summed E-state index contributed by atoms with van der Waals surface area (Å²) in [6.07, 6.45) is 4.08. The van der Waals surface area contributed by atoms with Gasteiger partial charge < -0.3 is 9.47 Å². The van der Waals surface area contributed by atoms with Crippen LogP contribution in [0.5, 0.6) is 0 Å². The van der Waals surface area contributed by atoms with Crippen molar-refractivity contribution in [3.63, 3.8) is 0 Å². The van der Waals surface area contributed by atoms with Crippen LogP contribution >= 0.6 is 11.6 Å². The van der Waals surface area contributed by atoms with Crippen molar-refractivity contribution in [2.75, 3.05) is 11.4 Å². The van der Waals surface area contributed by atoms with Crippen molar-refractivity contribution < 1.29 is 4.79 Å². The normalized spacial score (nSPS) is 17.3. The Labute approximate surface area is 150 Å². The standard InChI is InChI=1S/C19H17ClN4O/c1-13-5-4-7-16(22-13)19-21-9-10-23(19)14-11-18(25)24(12-14)17-8-3-2-6-15(17)20/h2-10,14H,11-12H2,1H3. The summed E-state index contributed by atoms with van der Waals surface area (Å²) < 4.78 is 2.04. The number of aryl methyl sites for hydroxylation is 1. The first-order valence-corrected chi connectivity index (χ1v) is 8.53. The van der Waals surface area contributed by atoms with Gasteiger partial charge in [-0.2, -0.15) is 0 Å². The maximum Gasteiger partial charge on any atom is 0.229 e.